The number of carboxylic acids is 1. The summed E-state index contributed by atoms with van der Waals surface area (Å²) in [6.07, 6.45) is 3.23. The van der Waals surface area contributed by atoms with Gasteiger partial charge in [-0.2, -0.15) is 0 Å². The van der Waals surface area contributed by atoms with Crippen LogP contribution < -0.4 is 0 Å². The average molecular weight is 252 g/mol. The maximum atomic E-state index is 13.6. The number of unbranched alkanes of at least 4 members (excludes halogenated alkanes) is 2. The first kappa shape index (κ1) is 14.7. The quantitative estimate of drug-likeness (QED) is 0.741. The zero-order valence-corrected chi connectivity index (χ0v) is 11.1. The molecule has 0 atom stereocenters. The lowest BCUT2D eigenvalue weighted by Crippen LogP contribution is -1.97. The smallest absolute Gasteiger partial charge is 0.303 e. The molecule has 0 saturated carbocycles. The minimum Gasteiger partial charge on any atom is -0.481 e. The molecule has 0 aromatic heterocycles. The molecule has 0 aliphatic carbocycles. The van der Waals surface area contributed by atoms with Gasteiger partial charge in [-0.15, -0.1) is 0 Å². The predicted octanol–water partition coefficient (Wildman–Crippen LogP) is 4.14. The molecule has 1 rings (SSSR count). The van der Waals surface area contributed by atoms with Crippen LogP contribution in [0.25, 0.3) is 0 Å². The number of aliphatic carboxylic acids is 1. The molecule has 0 fully saturated rings. The molecule has 18 heavy (non-hydrogen) atoms. The number of rotatable bonds is 7. The lowest BCUT2D eigenvalue weighted by atomic mass is 9.98. The van der Waals surface area contributed by atoms with Gasteiger partial charge in [0, 0.05) is 6.42 Å². The first-order chi connectivity index (χ1) is 8.50. The number of carbonyl (C=O) groups is 1. The molecule has 0 bridgehead atoms. The minimum absolute atomic E-state index is 0.155. The summed E-state index contributed by atoms with van der Waals surface area (Å²) in [7, 11) is 0. The highest BCUT2D eigenvalue weighted by Crippen LogP contribution is 2.20. The normalized spacial score (nSPS) is 10.9. The van der Waals surface area contributed by atoms with Crippen molar-refractivity contribution < 1.29 is 14.3 Å². The number of hydrogen-bond donors (Lipinski definition) is 1. The summed E-state index contributed by atoms with van der Waals surface area (Å²) >= 11 is 0. The van der Waals surface area contributed by atoms with E-state index in [1.165, 1.54) is 6.07 Å². The molecule has 0 spiro atoms. The molecule has 1 N–H and O–H groups in total. The first-order valence-corrected chi connectivity index (χ1v) is 6.51. The van der Waals surface area contributed by atoms with E-state index in [2.05, 4.69) is 13.8 Å². The fraction of sp³-hybridized carbons (Fsp3) is 0.533. The van der Waals surface area contributed by atoms with Gasteiger partial charge in [0.25, 0.3) is 0 Å². The number of hydrogen-bond acceptors (Lipinski definition) is 1. The lowest BCUT2D eigenvalue weighted by molar-refractivity contribution is -0.137. The van der Waals surface area contributed by atoms with Crippen LogP contribution in [-0.4, -0.2) is 11.1 Å². The molecular weight excluding hydrogens is 231 g/mol. The summed E-state index contributed by atoms with van der Waals surface area (Å²) in [5.41, 5.74) is 1.90. The van der Waals surface area contributed by atoms with Crippen molar-refractivity contribution in [3.05, 3.63) is 35.1 Å². The van der Waals surface area contributed by atoms with Gasteiger partial charge in [-0.3, -0.25) is 4.79 Å². The summed E-state index contributed by atoms with van der Waals surface area (Å²) in [5, 5.41) is 8.51. The van der Waals surface area contributed by atoms with E-state index >= 15 is 0 Å². The molecule has 0 unspecified atom stereocenters. The Morgan fingerprint density at radius 3 is 2.61 bits per heavy atom. The van der Waals surface area contributed by atoms with Crippen molar-refractivity contribution in [3.63, 3.8) is 0 Å². The highest BCUT2D eigenvalue weighted by molar-refractivity contribution is 5.66. The van der Waals surface area contributed by atoms with Crippen molar-refractivity contribution >= 4 is 5.97 Å². The van der Waals surface area contributed by atoms with Crippen LogP contribution in [0.3, 0.4) is 0 Å². The molecule has 1 aromatic carbocycles. The Morgan fingerprint density at radius 2 is 2.00 bits per heavy atom. The summed E-state index contributed by atoms with van der Waals surface area (Å²) in [5.74, 6) is -0.517. The van der Waals surface area contributed by atoms with E-state index in [0.29, 0.717) is 18.8 Å². The van der Waals surface area contributed by atoms with Crippen molar-refractivity contribution in [3.8, 4) is 0 Å². The Labute approximate surface area is 108 Å². The molecule has 3 heteroatoms. The topological polar surface area (TPSA) is 37.3 Å². The van der Waals surface area contributed by atoms with Crippen molar-refractivity contribution in [2.24, 2.45) is 0 Å². The molecule has 0 aliphatic rings. The van der Waals surface area contributed by atoms with Gasteiger partial charge in [-0.1, -0.05) is 32.4 Å². The molecule has 100 valence electrons. The molecule has 0 amide bonds. The zero-order valence-electron chi connectivity index (χ0n) is 11.1. The summed E-state index contributed by atoms with van der Waals surface area (Å²) in [6, 6.07) is 5.28. The van der Waals surface area contributed by atoms with E-state index in [9.17, 15) is 9.18 Å². The van der Waals surface area contributed by atoms with E-state index in [4.69, 9.17) is 5.11 Å². The van der Waals surface area contributed by atoms with Crippen LogP contribution in [0.1, 0.15) is 56.6 Å². The van der Waals surface area contributed by atoms with Gasteiger partial charge in [0.1, 0.15) is 5.82 Å². The number of carboxylic acid groups (broad SMARTS) is 1. The summed E-state index contributed by atoms with van der Waals surface area (Å²) < 4.78 is 13.6. The van der Waals surface area contributed by atoms with Crippen molar-refractivity contribution in [1.29, 1.82) is 0 Å². The second kappa shape index (κ2) is 7.14. The van der Waals surface area contributed by atoms with Gasteiger partial charge in [0.2, 0.25) is 0 Å². The zero-order chi connectivity index (χ0) is 13.5. The SMILES string of the molecule is CC(C)c1ccc(F)c(CCCCCC(=O)O)c1. The van der Waals surface area contributed by atoms with Gasteiger partial charge >= 0.3 is 5.97 Å². The van der Waals surface area contributed by atoms with Crippen LogP contribution in [0.2, 0.25) is 0 Å². The summed E-state index contributed by atoms with van der Waals surface area (Å²) in [4.78, 5) is 10.3. The van der Waals surface area contributed by atoms with Crippen molar-refractivity contribution in [1.82, 2.24) is 0 Å². The van der Waals surface area contributed by atoms with Crippen molar-refractivity contribution in [2.45, 2.75) is 51.9 Å². The lowest BCUT2D eigenvalue weighted by Gasteiger charge is -2.09. The number of halogens is 1. The largest absolute Gasteiger partial charge is 0.481 e. The van der Waals surface area contributed by atoms with Crippen LogP contribution in [0.15, 0.2) is 18.2 Å². The average Bonchev–Trinajstić information content (AvgIpc) is 2.30. The summed E-state index contributed by atoms with van der Waals surface area (Å²) in [6.45, 7) is 4.17. The maximum Gasteiger partial charge on any atom is 0.303 e. The highest BCUT2D eigenvalue weighted by atomic mass is 19.1. The van der Waals surface area contributed by atoms with Crippen LogP contribution in [0.4, 0.5) is 4.39 Å². The third kappa shape index (κ3) is 4.86. The van der Waals surface area contributed by atoms with Gasteiger partial charge < -0.3 is 5.11 Å². The van der Waals surface area contributed by atoms with E-state index in [1.807, 2.05) is 12.1 Å². The van der Waals surface area contributed by atoms with Gasteiger partial charge in [0.05, 0.1) is 0 Å². The van der Waals surface area contributed by atoms with Gasteiger partial charge in [-0.25, -0.2) is 4.39 Å². The molecule has 0 aliphatic heterocycles. The maximum absolute atomic E-state index is 13.6. The molecule has 0 radical (unpaired) electrons. The van der Waals surface area contributed by atoms with Crippen LogP contribution >= 0.6 is 0 Å². The van der Waals surface area contributed by atoms with E-state index in [0.717, 1.165) is 24.0 Å². The van der Waals surface area contributed by atoms with E-state index in [-0.39, 0.29) is 12.2 Å². The Hall–Kier alpha value is -1.38. The fourth-order valence-electron chi connectivity index (χ4n) is 1.91. The molecular formula is C15H21FO2. The highest BCUT2D eigenvalue weighted by Gasteiger charge is 2.06. The van der Waals surface area contributed by atoms with E-state index in [1.54, 1.807) is 0 Å². The Morgan fingerprint density at radius 1 is 1.28 bits per heavy atom. The van der Waals surface area contributed by atoms with Crippen LogP contribution in [0, 0.1) is 5.82 Å². The van der Waals surface area contributed by atoms with Gasteiger partial charge in [-0.05, 0) is 42.4 Å². The monoisotopic (exact) mass is 252 g/mol. The molecule has 0 heterocycles. The van der Waals surface area contributed by atoms with Gasteiger partial charge in [0.15, 0.2) is 0 Å². The standard InChI is InChI=1S/C15H21FO2/c1-11(2)12-8-9-14(16)13(10-12)6-4-3-5-7-15(17)18/h8-11H,3-7H2,1-2H3,(H,17,18). The molecule has 0 saturated heterocycles. The minimum atomic E-state index is -0.761. The van der Waals surface area contributed by atoms with Crippen LogP contribution in [-0.2, 0) is 11.2 Å². The second-order valence-corrected chi connectivity index (χ2v) is 4.96. The van der Waals surface area contributed by atoms with Crippen LogP contribution in [0.5, 0.6) is 0 Å². The number of aryl methyl sites for hydroxylation is 1. The molecule has 1 aromatic rings. The van der Waals surface area contributed by atoms with Crippen molar-refractivity contribution in [2.75, 3.05) is 0 Å². The predicted molar refractivity (Wildman–Crippen MR) is 70.3 cm³/mol. The third-order valence-corrected chi connectivity index (χ3v) is 3.07. The Kier molecular flexibility index (Phi) is 5.83. The van der Waals surface area contributed by atoms with E-state index < -0.39 is 5.97 Å². The first-order valence-electron chi connectivity index (χ1n) is 6.51. The Bertz CT molecular complexity index is 399. The second-order valence-electron chi connectivity index (χ2n) is 4.96. The third-order valence-electron chi connectivity index (χ3n) is 3.07. The fourth-order valence-corrected chi connectivity index (χ4v) is 1.91. The molecule has 2 nitrogen and oxygen atoms in total. The Balaban J connectivity index is 2.46. The number of benzene rings is 1.